The smallest absolute Gasteiger partial charge is 0.246 e. The van der Waals surface area contributed by atoms with Crippen molar-refractivity contribution in [2.45, 2.75) is 26.8 Å². The molecule has 1 N–H and O–H groups in total. The highest BCUT2D eigenvalue weighted by Crippen LogP contribution is 2.16. The van der Waals surface area contributed by atoms with E-state index in [4.69, 9.17) is 4.74 Å². The van der Waals surface area contributed by atoms with Crippen LogP contribution in [-0.4, -0.2) is 19.1 Å². The first-order chi connectivity index (χ1) is 7.27. The maximum absolute atomic E-state index is 11.3. The van der Waals surface area contributed by atoms with Gasteiger partial charge in [-0.15, -0.1) is 11.3 Å². The topological polar surface area (TPSA) is 38.3 Å². The van der Waals surface area contributed by atoms with Crippen molar-refractivity contribution in [1.29, 1.82) is 0 Å². The van der Waals surface area contributed by atoms with E-state index >= 15 is 0 Å². The van der Waals surface area contributed by atoms with Gasteiger partial charge in [0.05, 0.1) is 6.54 Å². The second kappa shape index (κ2) is 6.58. The van der Waals surface area contributed by atoms with Gasteiger partial charge in [0, 0.05) is 11.5 Å². The number of carbonyl (C=O) groups is 1. The SMILES string of the molecule is CCOCC(=O)NCc1sccc1CC. The van der Waals surface area contributed by atoms with E-state index in [1.54, 1.807) is 11.3 Å². The molecule has 0 radical (unpaired) electrons. The van der Waals surface area contributed by atoms with Crippen LogP contribution in [0.15, 0.2) is 11.4 Å². The van der Waals surface area contributed by atoms with E-state index < -0.39 is 0 Å². The molecule has 0 aromatic carbocycles. The monoisotopic (exact) mass is 227 g/mol. The Labute approximate surface area is 94.5 Å². The molecule has 4 heteroatoms. The molecule has 84 valence electrons. The van der Waals surface area contributed by atoms with Crippen LogP contribution in [0.1, 0.15) is 24.3 Å². The van der Waals surface area contributed by atoms with Crippen molar-refractivity contribution in [3.8, 4) is 0 Å². The van der Waals surface area contributed by atoms with Crippen molar-refractivity contribution < 1.29 is 9.53 Å². The summed E-state index contributed by atoms with van der Waals surface area (Å²) in [5.41, 5.74) is 1.32. The van der Waals surface area contributed by atoms with Crippen LogP contribution >= 0.6 is 11.3 Å². The quantitative estimate of drug-likeness (QED) is 0.807. The van der Waals surface area contributed by atoms with Crippen molar-refractivity contribution in [3.63, 3.8) is 0 Å². The minimum absolute atomic E-state index is 0.0488. The Bertz CT molecular complexity index is 309. The van der Waals surface area contributed by atoms with Crippen LogP contribution in [0.3, 0.4) is 0 Å². The van der Waals surface area contributed by atoms with Crippen LogP contribution in [0.25, 0.3) is 0 Å². The van der Waals surface area contributed by atoms with Crippen LogP contribution in [0.2, 0.25) is 0 Å². The number of amides is 1. The third-order valence-electron chi connectivity index (χ3n) is 2.10. The summed E-state index contributed by atoms with van der Waals surface area (Å²) in [6, 6.07) is 2.11. The van der Waals surface area contributed by atoms with Gasteiger partial charge in [-0.3, -0.25) is 4.79 Å². The zero-order valence-electron chi connectivity index (χ0n) is 9.21. The molecule has 1 aromatic heterocycles. The fourth-order valence-corrected chi connectivity index (χ4v) is 2.18. The molecule has 3 nitrogen and oxygen atoms in total. The molecule has 0 aliphatic carbocycles. The first-order valence-electron chi connectivity index (χ1n) is 5.17. The molecule has 0 aliphatic heterocycles. The molecular formula is C11H17NO2S. The van der Waals surface area contributed by atoms with Crippen LogP contribution in [0.5, 0.6) is 0 Å². The Hall–Kier alpha value is -0.870. The van der Waals surface area contributed by atoms with E-state index in [1.807, 2.05) is 6.92 Å². The molecule has 0 unspecified atom stereocenters. The minimum atomic E-state index is -0.0488. The Morgan fingerprint density at radius 1 is 1.53 bits per heavy atom. The summed E-state index contributed by atoms with van der Waals surface area (Å²) < 4.78 is 5.01. The highest BCUT2D eigenvalue weighted by Gasteiger charge is 2.04. The van der Waals surface area contributed by atoms with Gasteiger partial charge in [0.15, 0.2) is 0 Å². The molecular weight excluding hydrogens is 210 g/mol. The lowest BCUT2D eigenvalue weighted by atomic mass is 10.2. The average Bonchev–Trinajstić information content (AvgIpc) is 2.70. The largest absolute Gasteiger partial charge is 0.372 e. The Morgan fingerprint density at radius 2 is 2.33 bits per heavy atom. The van der Waals surface area contributed by atoms with Crippen molar-refractivity contribution in [3.05, 3.63) is 21.9 Å². The Balaban J connectivity index is 2.33. The number of hydrogen-bond donors (Lipinski definition) is 1. The number of thiophene rings is 1. The Kier molecular flexibility index (Phi) is 5.36. The summed E-state index contributed by atoms with van der Waals surface area (Å²) in [7, 11) is 0. The molecule has 0 atom stereocenters. The van der Waals surface area contributed by atoms with E-state index in [2.05, 4.69) is 23.7 Å². The van der Waals surface area contributed by atoms with Crippen molar-refractivity contribution in [2.24, 2.45) is 0 Å². The first kappa shape index (κ1) is 12.2. The Morgan fingerprint density at radius 3 is 3.00 bits per heavy atom. The van der Waals surface area contributed by atoms with Crippen LogP contribution in [-0.2, 0) is 22.5 Å². The summed E-state index contributed by atoms with van der Waals surface area (Å²) in [6.07, 6.45) is 1.01. The molecule has 1 heterocycles. The summed E-state index contributed by atoms with van der Waals surface area (Å²) in [6.45, 7) is 5.35. The van der Waals surface area contributed by atoms with Crippen LogP contribution in [0.4, 0.5) is 0 Å². The maximum atomic E-state index is 11.3. The fourth-order valence-electron chi connectivity index (χ4n) is 1.26. The van der Waals surface area contributed by atoms with Gasteiger partial charge < -0.3 is 10.1 Å². The van der Waals surface area contributed by atoms with Crippen molar-refractivity contribution >= 4 is 17.2 Å². The van der Waals surface area contributed by atoms with Crippen molar-refractivity contribution in [2.75, 3.05) is 13.2 Å². The average molecular weight is 227 g/mol. The number of aryl methyl sites for hydroxylation is 1. The number of rotatable bonds is 6. The molecule has 1 amide bonds. The highest BCUT2D eigenvalue weighted by atomic mass is 32.1. The predicted octanol–water partition coefficient (Wildman–Crippen LogP) is 1.96. The predicted molar refractivity (Wildman–Crippen MR) is 62.0 cm³/mol. The number of hydrogen-bond acceptors (Lipinski definition) is 3. The molecule has 15 heavy (non-hydrogen) atoms. The molecule has 0 spiro atoms. The summed E-state index contributed by atoms with van der Waals surface area (Å²) in [4.78, 5) is 12.5. The van der Waals surface area contributed by atoms with Gasteiger partial charge in [-0.1, -0.05) is 6.92 Å². The third kappa shape index (κ3) is 4.01. The number of ether oxygens (including phenoxy) is 1. The number of nitrogens with one attached hydrogen (secondary N) is 1. The molecule has 1 rings (SSSR count). The van der Waals surface area contributed by atoms with Gasteiger partial charge in [-0.2, -0.15) is 0 Å². The lowest BCUT2D eigenvalue weighted by Gasteiger charge is -2.05. The van der Waals surface area contributed by atoms with Gasteiger partial charge in [-0.05, 0) is 30.4 Å². The summed E-state index contributed by atoms with van der Waals surface area (Å²) in [5, 5.41) is 4.90. The van der Waals surface area contributed by atoms with E-state index in [-0.39, 0.29) is 12.5 Å². The lowest BCUT2D eigenvalue weighted by Crippen LogP contribution is -2.27. The molecule has 0 saturated heterocycles. The van der Waals surface area contributed by atoms with Crippen LogP contribution < -0.4 is 5.32 Å². The first-order valence-corrected chi connectivity index (χ1v) is 6.05. The number of carbonyl (C=O) groups excluding carboxylic acids is 1. The van der Waals surface area contributed by atoms with E-state index in [1.165, 1.54) is 10.4 Å². The van der Waals surface area contributed by atoms with Crippen LogP contribution in [0, 0.1) is 0 Å². The van der Waals surface area contributed by atoms with Gasteiger partial charge in [-0.25, -0.2) is 0 Å². The minimum Gasteiger partial charge on any atom is -0.372 e. The van der Waals surface area contributed by atoms with Gasteiger partial charge in [0.1, 0.15) is 6.61 Å². The van der Waals surface area contributed by atoms with Gasteiger partial charge >= 0.3 is 0 Å². The highest BCUT2D eigenvalue weighted by molar-refractivity contribution is 7.10. The lowest BCUT2D eigenvalue weighted by molar-refractivity contribution is -0.125. The normalized spacial score (nSPS) is 10.3. The molecule has 0 saturated carbocycles. The van der Waals surface area contributed by atoms with E-state index in [0.29, 0.717) is 13.2 Å². The zero-order valence-corrected chi connectivity index (χ0v) is 10.0. The second-order valence-corrected chi connectivity index (χ2v) is 4.14. The third-order valence-corrected chi connectivity index (χ3v) is 3.07. The van der Waals surface area contributed by atoms with Crippen molar-refractivity contribution in [1.82, 2.24) is 5.32 Å². The summed E-state index contributed by atoms with van der Waals surface area (Å²) in [5.74, 6) is -0.0488. The molecule has 0 aliphatic rings. The van der Waals surface area contributed by atoms with E-state index in [0.717, 1.165) is 6.42 Å². The molecule has 1 aromatic rings. The second-order valence-electron chi connectivity index (χ2n) is 3.14. The van der Waals surface area contributed by atoms with Gasteiger partial charge in [0.2, 0.25) is 5.91 Å². The standard InChI is InChI=1S/C11H17NO2S/c1-3-9-5-6-15-10(9)7-12-11(13)8-14-4-2/h5-6H,3-4,7-8H2,1-2H3,(H,12,13). The maximum Gasteiger partial charge on any atom is 0.246 e. The van der Waals surface area contributed by atoms with Gasteiger partial charge in [0.25, 0.3) is 0 Å². The molecule has 0 fully saturated rings. The zero-order chi connectivity index (χ0) is 11.1. The van der Waals surface area contributed by atoms with E-state index in [9.17, 15) is 4.79 Å². The summed E-state index contributed by atoms with van der Waals surface area (Å²) >= 11 is 1.68. The molecule has 0 bridgehead atoms. The fraction of sp³-hybridized carbons (Fsp3) is 0.545.